The van der Waals surface area contributed by atoms with Gasteiger partial charge in [0.15, 0.2) is 5.96 Å². The first-order chi connectivity index (χ1) is 13.3. The van der Waals surface area contributed by atoms with Gasteiger partial charge in [-0.25, -0.2) is 4.79 Å². The minimum atomic E-state index is -0.470. The number of aliphatic imine (C=N–C) groups is 1. The lowest BCUT2D eigenvalue weighted by atomic mass is 10.2. The van der Waals surface area contributed by atoms with Crippen LogP contribution in [0.3, 0.4) is 0 Å². The van der Waals surface area contributed by atoms with Crippen molar-refractivity contribution < 1.29 is 9.53 Å². The van der Waals surface area contributed by atoms with Crippen LogP contribution in [0.5, 0.6) is 0 Å². The van der Waals surface area contributed by atoms with Crippen LogP contribution in [0.4, 0.5) is 10.5 Å². The number of hydrogen-bond donors (Lipinski definition) is 3. The van der Waals surface area contributed by atoms with Gasteiger partial charge in [-0.3, -0.25) is 4.99 Å². The number of carbonyl (C=O) groups is 1. The van der Waals surface area contributed by atoms with E-state index in [1.165, 1.54) is 11.3 Å². The molecule has 1 aliphatic heterocycles. The third-order valence-corrected chi connectivity index (χ3v) is 4.47. The highest BCUT2D eigenvalue weighted by Crippen LogP contribution is 2.20. The fourth-order valence-electron chi connectivity index (χ4n) is 3.06. The van der Waals surface area contributed by atoms with Gasteiger partial charge in [-0.2, -0.15) is 0 Å². The van der Waals surface area contributed by atoms with Gasteiger partial charge in [0.1, 0.15) is 5.60 Å². The average molecular weight is 517 g/mol. The number of amides is 1. The minimum Gasteiger partial charge on any atom is -0.444 e. The summed E-state index contributed by atoms with van der Waals surface area (Å²) < 4.78 is 5.22. The highest BCUT2D eigenvalue weighted by atomic mass is 127. The van der Waals surface area contributed by atoms with E-state index in [0.717, 1.165) is 38.4 Å². The van der Waals surface area contributed by atoms with Crippen LogP contribution in [-0.4, -0.2) is 56.9 Å². The number of rotatable bonds is 6. The highest BCUT2D eigenvalue weighted by Gasteiger charge is 2.23. The van der Waals surface area contributed by atoms with Gasteiger partial charge in [0.25, 0.3) is 0 Å². The van der Waals surface area contributed by atoms with Crippen LogP contribution in [0, 0.1) is 6.92 Å². The molecule has 164 valence electrons. The van der Waals surface area contributed by atoms with Crippen LogP contribution in [0.25, 0.3) is 0 Å². The molecule has 3 N–H and O–H groups in total. The lowest BCUT2D eigenvalue weighted by Crippen LogP contribution is -2.45. The zero-order valence-electron chi connectivity index (χ0n) is 18.2. The Bertz CT molecular complexity index is 658. The average Bonchev–Trinajstić information content (AvgIpc) is 3.08. The Morgan fingerprint density at radius 2 is 1.86 bits per heavy atom. The molecule has 0 aromatic heterocycles. The van der Waals surface area contributed by atoms with E-state index in [0.29, 0.717) is 12.6 Å². The maximum absolute atomic E-state index is 11.6. The zero-order chi connectivity index (χ0) is 20.6. The number of aryl methyl sites for hydroxylation is 1. The van der Waals surface area contributed by atoms with Crippen LogP contribution in [0.2, 0.25) is 0 Å². The quantitative estimate of drug-likeness (QED) is 0.234. The van der Waals surface area contributed by atoms with E-state index in [2.05, 4.69) is 57.0 Å². The number of carbonyl (C=O) groups excluding carboxylic acids is 1. The molecule has 1 aromatic carbocycles. The Morgan fingerprint density at radius 1 is 1.21 bits per heavy atom. The van der Waals surface area contributed by atoms with Crippen molar-refractivity contribution in [2.45, 2.75) is 52.2 Å². The fraction of sp³-hybridized carbons (Fsp3) is 0.619. The highest BCUT2D eigenvalue weighted by molar-refractivity contribution is 14.0. The number of halogens is 1. The van der Waals surface area contributed by atoms with Gasteiger partial charge in [0, 0.05) is 45.0 Å². The van der Waals surface area contributed by atoms with Crippen LogP contribution < -0.4 is 20.9 Å². The molecule has 1 aromatic rings. The molecule has 7 nitrogen and oxygen atoms in total. The van der Waals surface area contributed by atoms with E-state index in [1.54, 1.807) is 7.05 Å². The summed E-state index contributed by atoms with van der Waals surface area (Å²) in [5.74, 6) is 0.799. The second kappa shape index (κ2) is 12.1. The summed E-state index contributed by atoms with van der Waals surface area (Å²) in [6.45, 7) is 11.0. The summed E-state index contributed by atoms with van der Waals surface area (Å²) in [6.07, 6.45) is 1.49. The second-order valence-corrected chi connectivity index (χ2v) is 8.19. The molecule has 1 unspecified atom stereocenters. The maximum Gasteiger partial charge on any atom is 0.407 e. The SMILES string of the molecule is CN=C(NCCCNC(=O)OC(C)(C)C)NC1CCN(c2ccc(C)cc2)C1.I. The zero-order valence-corrected chi connectivity index (χ0v) is 20.6. The van der Waals surface area contributed by atoms with Crippen LogP contribution >= 0.6 is 24.0 Å². The van der Waals surface area contributed by atoms with E-state index in [1.807, 2.05) is 20.8 Å². The predicted molar refractivity (Wildman–Crippen MR) is 131 cm³/mol. The third-order valence-electron chi connectivity index (χ3n) is 4.47. The van der Waals surface area contributed by atoms with Crippen LogP contribution in [0.1, 0.15) is 39.2 Å². The summed E-state index contributed by atoms with van der Waals surface area (Å²) in [6, 6.07) is 9.04. The van der Waals surface area contributed by atoms with Crippen molar-refractivity contribution in [3.8, 4) is 0 Å². The minimum absolute atomic E-state index is 0. The van der Waals surface area contributed by atoms with Crippen molar-refractivity contribution in [3.63, 3.8) is 0 Å². The van der Waals surface area contributed by atoms with Crippen molar-refractivity contribution in [1.29, 1.82) is 0 Å². The summed E-state index contributed by atoms with van der Waals surface area (Å²) >= 11 is 0. The number of benzene rings is 1. The van der Waals surface area contributed by atoms with Gasteiger partial charge in [-0.05, 0) is 52.7 Å². The Kier molecular flexibility index (Phi) is 10.6. The van der Waals surface area contributed by atoms with Crippen LogP contribution in [0.15, 0.2) is 29.3 Å². The van der Waals surface area contributed by atoms with E-state index >= 15 is 0 Å². The Labute approximate surface area is 192 Å². The first kappa shape index (κ1) is 25.3. The molecule has 0 radical (unpaired) electrons. The van der Waals surface area contributed by atoms with Crippen molar-refractivity contribution in [3.05, 3.63) is 29.8 Å². The summed E-state index contributed by atoms with van der Waals surface area (Å²) in [7, 11) is 1.78. The normalized spacial score (nSPS) is 16.8. The number of hydrogen-bond acceptors (Lipinski definition) is 4. The number of ether oxygens (including phenoxy) is 1. The summed E-state index contributed by atoms with van der Waals surface area (Å²) in [5, 5.41) is 9.57. The maximum atomic E-state index is 11.6. The van der Waals surface area contributed by atoms with Gasteiger partial charge in [-0.1, -0.05) is 17.7 Å². The Hall–Kier alpha value is -1.71. The van der Waals surface area contributed by atoms with Gasteiger partial charge in [-0.15, -0.1) is 24.0 Å². The van der Waals surface area contributed by atoms with Gasteiger partial charge < -0.3 is 25.6 Å². The molecule has 0 spiro atoms. The molecule has 0 bridgehead atoms. The third kappa shape index (κ3) is 9.56. The van der Waals surface area contributed by atoms with E-state index in [4.69, 9.17) is 4.74 Å². The fourth-order valence-corrected chi connectivity index (χ4v) is 3.06. The van der Waals surface area contributed by atoms with E-state index < -0.39 is 5.60 Å². The smallest absolute Gasteiger partial charge is 0.407 e. The molecule has 1 aliphatic rings. The molecule has 1 atom stereocenters. The molecular formula is C21H36IN5O2. The summed E-state index contributed by atoms with van der Waals surface area (Å²) in [5.41, 5.74) is 2.08. The van der Waals surface area contributed by atoms with Gasteiger partial charge >= 0.3 is 6.09 Å². The van der Waals surface area contributed by atoms with Gasteiger partial charge in [0.2, 0.25) is 0 Å². The standard InChI is InChI=1S/C21H35N5O2.HI/c1-16-7-9-18(10-8-16)26-14-11-17(15-26)25-19(22-5)23-12-6-13-24-20(27)28-21(2,3)4;/h7-10,17H,6,11-15H2,1-5H3,(H,24,27)(H2,22,23,25);1H. The second-order valence-electron chi connectivity index (χ2n) is 8.19. The van der Waals surface area contributed by atoms with Crippen molar-refractivity contribution in [2.24, 2.45) is 4.99 Å². The predicted octanol–water partition coefficient (Wildman–Crippen LogP) is 3.27. The lowest BCUT2D eigenvalue weighted by molar-refractivity contribution is 0.0527. The lowest BCUT2D eigenvalue weighted by Gasteiger charge is -2.21. The van der Waals surface area contributed by atoms with Crippen LogP contribution in [-0.2, 0) is 4.74 Å². The number of nitrogens with zero attached hydrogens (tertiary/aromatic N) is 2. The molecule has 1 heterocycles. The number of guanidine groups is 1. The molecule has 29 heavy (non-hydrogen) atoms. The first-order valence-electron chi connectivity index (χ1n) is 10.0. The number of anilines is 1. The monoisotopic (exact) mass is 517 g/mol. The van der Waals surface area contributed by atoms with Gasteiger partial charge in [0.05, 0.1) is 0 Å². The topological polar surface area (TPSA) is 78.0 Å². The molecule has 1 fully saturated rings. The number of nitrogens with one attached hydrogen (secondary N) is 3. The molecule has 1 amide bonds. The molecule has 8 heteroatoms. The molecule has 1 saturated heterocycles. The molecule has 2 rings (SSSR count). The first-order valence-corrected chi connectivity index (χ1v) is 10.0. The summed E-state index contributed by atoms with van der Waals surface area (Å²) in [4.78, 5) is 18.3. The van der Waals surface area contributed by atoms with E-state index in [9.17, 15) is 4.79 Å². The largest absolute Gasteiger partial charge is 0.444 e. The van der Waals surface area contributed by atoms with Crippen molar-refractivity contribution >= 4 is 41.7 Å². The molecule has 0 saturated carbocycles. The Morgan fingerprint density at radius 3 is 2.48 bits per heavy atom. The molecular weight excluding hydrogens is 481 g/mol. The Balaban J connectivity index is 0.00000420. The van der Waals surface area contributed by atoms with Crippen molar-refractivity contribution in [1.82, 2.24) is 16.0 Å². The number of alkyl carbamates (subject to hydrolysis) is 1. The molecule has 0 aliphatic carbocycles. The van der Waals surface area contributed by atoms with Crippen molar-refractivity contribution in [2.75, 3.05) is 38.1 Å². The van der Waals surface area contributed by atoms with E-state index in [-0.39, 0.29) is 30.1 Å².